The van der Waals surface area contributed by atoms with Crippen LogP contribution in [0.4, 0.5) is 10.5 Å². The van der Waals surface area contributed by atoms with Crippen molar-refractivity contribution in [1.29, 1.82) is 0 Å². The minimum atomic E-state index is 0.130. The molecule has 102 valence electrons. The van der Waals surface area contributed by atoms with Crippen molar-refractivity contribution in [2.45, 2.75) is 25.8 Å². The monoisotopic (exact) mass is 322 g/mol. The molecule has 1 aliphatic heterocycles. The summed E-state index contributed by atoms with van der Waals surface area (Å²) in [7, 11) is 1.88. The average molecular weight is 323 g/mol. The van der Waals surface area contributed by atoms with Gasteiger partial charge in [-0.1, -0.05) is 40.5 Å². The Morgan fingerprint density at radius 2 is 2.05 bits per heavy atom. The van der Waals surface area contributed by atoms with Crippen molar-refractivity contribution in [2.75, 3.05) is 23.8 Å². The molecule has 1 aromatic carbocycles. The molecule has 1 aromatic rings. The maximum atomic E-state index is 12.5. The molecule has 0 atom stereocenters. The number of benzene rings is 1. The van der Waals surface area contributed by atoms with Gasteiger partial charge in [0.2, 0.25) is 0 Å². The number of carbonyl (C=O) groups excluding carboxylic acids is 1. The molecule has 0 unspecified atom stereocenters. The van der Waals surface area contributed by atoms with Gasteiger partial charge in [0.05, 0.1) is 5.69 Å². The highest BCUT2D eigenvalue weighted by Crippen LogP contribution is 2.44. The molecule has 3 rings (SSSR count). The lowest BCUT2D eigenvalue weighted by molar-refractivity contribution is 0.166. The molecule has 1 saturated carbocycles. The van der Waals surface area contributed by atoms with E-state index in [-0.39, 0.29) is 11.4 Å². The number of hydrogen-bond donors (Lipinski definition) is 0. The van der Waals surface area contributed by atoms with E-state index >= 15 is 0 Å². The van der Waals surface area contributed by atoms with Gasteiger partial charge in [-0.2, -0.15) is 0 Å². The van der Waals surface area contributed by atoms with E-state index in [1.807, 2.05) is 29.0 Å². The fourth-order valence-corrected chi connectivity index (χ4v) is 3.78. The summed E-state index contributed by atoms with van der Waals surface area (Å²) >= 11 is 3.63. The number of urea groups is 1. The standard InChI is InChI=1S/C15H19BrN2O/c1-17-9-12-5-2-3-6-13(12)18(14(17)19)11-15(10-16)7-4-8-15/h2-3,5-6H,4,7-11H2,1H3. The fourth-order valence-electron chi connectivity index (χ4n) is 3.04. The first kappa shape index (κ1) is 13.0. The Kier molecular flexibility index (Phi) is 3.29. The van der Waals surface area contributed by atoms with E-state index in [1.165, 1.54) is 24.8 Å². The van der Waals surface area contributed by atoms with E-state index in [4.69, 9.17) is 0 Å². The van der Waals surface area contributed by atoms with Gasteiger partial charge in [0, 0.05) is 25.5 Å². The lowest BCUT2D eigenvalue weighted by Crippen LogP contribution is -2.52. The molecular weight excluding hydrogens is 304 g/mol. The number of halogens is 1. The third kappa shape index (κ3) is 2.16. The summed E-state index contributed by atoms with van der Waals surface area (Å²) in [5.74, 6) is 0. The van der Waals surface area contributed by atoms with E-state index in [0.717, 1.165) is 17.6 Å². The van der Waals surface area contributed by atoms with Crippen LogP contribution in [0.1, 0.15) is 24.8 Å². The molecule has 0 aromatic heterocycles. The quantitative estimate of drug-likeness (QED) is 0.779. The van der Waals surface area contributed by atoms with E-state index in [9.17, 15) is 4.79 Å². The SMILES string of the molecule is CN1Cc2ccccc2N(CC2(CBr)CCC2)C1=O. The van der Waals surface area contributed by atoms with E-state index in [1.54, 1.807) is 0 Å². The third-order valence-electron chi connectivity index (χ3n) is 4.44. The number of anilines is 1. The number of fused-ring (bicyclic) bond motifs is 1. The van der Waals surface area contributed by atoms with Crippen LogP contribution in [-0.4, -0.2) is 29.9 Å². The summed E-state index contributed by atoms with van der Waals surface area (Å²) in [6, 6.07) is 8.38. The van der Waals surface area contributed by atoms with Crippen LogP contribution >= 0.6 is 15.9 Å². The largest absolute Gasteiger partial charge is 0.324 e. The molecule has 4 heteroatoms. The highest BCUT2D eigenvalue weighted by molar-refractivity contribution is 9.09. The highest BCUT2D eigenvalue weighted by Gasteiger charge is 2.41. The smallest absolute Gasteiger partial charge is 0.323 e. The van der Waals surface area contributed by atoms with E-state index < -0.39 is 0 Å². The first-order chi connectivity index (χ1) is 9.15. The van der Waals surface area contributed by atoms with Crippen LogP contribution in [0, 0.1) is 5.41 Å². The topological polar surface area (TPSA) is 23.6 Å². The summed E-state index contributed by atoms with van der Waals surface area (Å²) in [4.78, 5) is 16.2. The molecule has 1 fully saturated rings. The maximum absolute atomic E-state index is 12.5. The average Bonchev–Trinajstić information content (AvgIpc) is 2.38. The second kappa shape index (κ2) is 4.82. The van der Waals surface area contributed by atoms with Crippen molar-refractivity contribution in [3.05, 3.63) is 29.8 Å². The molecule has 0 saturated heterocycles. The number of para-hydroxylation sites is 1. The van der Waals surface area contributed by atoms with Gasteiger partial charge in [-0.3, -0.25) is 4.90 Å². The van der Waals surface area contributed by atoms with Gasteiger partial charge in [0.25, 0.3) is 0 Å². The Morgan fingerprint density at radius 3 is 2.68 bits per heavy atom. The van der Waals surface area contributed by atoms with E-state index in [2.05, 4.69) is 28.1 Å². The van der Waals surface area contributed by atoms with Crippen molar-refractivity contribution in [2.24, 2.45) is 5.41 Å². The van der Waals surface area contributed by atoms with Crippen LogP contribution in [0.25, 0.3) is 0 Å². The van der Waals surface area contributed by atoms with Crippen molar-refractivity contribution in [1.82, 2.24) is 4.90 Å². The Bertz CT molecular complexity index is 493. The maximum Gasteiger partial charge on any atom is 0.324 e. The van der Waals surface area contributed by atoms with E-state index in [0.29, 0.717) is 6.54 Å². The zero-order valence-electron chi connectivity index (χ0n) is 11.2. The van der Waals surface area contributed by atoms with Gasteiger partial charge in [0.1, 0.15) is 0 Å². The number of amides is 2. The third-order valence-corrected chi connectivity index (χ3v) is 5.63. The lowest BCUT2D eigenvalue weighted by atomic mass is 9.70. The number of alkyl halides is 1. The summed E-state index contributed by atoms with van der Waals surface area (Å²) in [5, 5.41) is 0.982. The van der Waals surface area contributed by atoms with Gasteiger partial charge < -0.3 is 4.90 Å². The number of carbonyl (C=O) groups is 1. The van der Waals surface area contributed by atoms with Crippen LogP contribution in [0.2, 0.25) is 0 Å². The minimum absolute atomic E-state index is 0.130. The highest BCUT2D eigenvalue weighted by atomic mass is 79.9. The summed E-state index contributed by atoms with van der Waals surface area (Å²) < 4.78 is 0. The van der Waals surface area contributed by atoms with Gasteiger partial charge in [0.15, 0.2) is 0 Å². The minimum Gasteiger partial charge on any atom is -0.323 e. The Morgan fingerprint density at radius 1 is 1.32 bits per heavy atom. The molecule has 3 nitrogen and oxygen atoms in total. The zero-order chi connectivity index (χ0) is 13.5. The predicted octanol–water partition coefficient (Wildman–Crippen LogP) is 3.62. The summed E-state index contributed by atoms with van der Waals surface area (Å²) in [6.45, 7) is 1.55. The number of nitrogens with zero attached hydrogens (tertiary/aromatic N) is 2. The van der Waals surface area contributed by atoms with Crippen LogP contribution in [0.3, 0.4) is 0 Å². The predicted molar refractivity (Wildman–Crippen MR) is 80.7 cm³/mol. The normalized spacial score (nSPS) is 21.1. The molecule has 0 N–H and O–H groups in total. The van der Waals surface area contributed by atoms with Crippen molar-refractivity contribution < 1.29 is 4.79 Å². The molecular formula is C15H19BrN2O. The lowest BCUT2D eigenvalue weighted by Gasteiger charge is -2.46. The zero-order valence-corrected chi connectivity index (χ0v) is 12.8. The first-order valence-corrected chi connectivity index (χ1v) is 7.94. The van der Waals surface area contributed by atoms with Gasteiger partial charge in [-0.25, -0.2) is 4.79 Å². The Hall–Kier alpha value is -1.03. The fraction of sp³-hybridized carbons (Fsp3) is 0.533. The molecule has 1 aliphatic carbocycles. The molecule has 0 spiro atoms. The van der Waals surface area contributed by atoms with Crippen molar-refractivity contribution in [3.8, 4) is 0 Å². The summed E-state index contributed by atoms with van der Waals surface area (Å²) in [5.41, 5.74) is 2.62. The second-order valence-electron chi connectivity index (χ2n) is 5.84. The molecule has 0 bridgehead atoms. The van der Waals surface area contributed by atoms with Crippen LogP contribution in [0.5, 0.6) is 0 Å². The van der Waals surface area contributed by atoms with Crippen LogP contribution < -0.4 is 4.90 Å². The molecule has 2 amide bonds. The number of rotatable bonds is 3. The molecule has 19 heavy (non-hydrogen) atoms. The molecule has 1 heterocycles. The Labute approximate surface area is 122 Å². The van der Waals surface area contributed by atoms with Crippen molar-refractivity contribution >= 4 is 27.6 Å². The van der Waals surface area contributed by atoms with Crippen molar-refractivity contribution in [3.63, 3.8) is 0 Å². The molecule has 0 radical (unpaired) electrons. The second-order valence-corrected chi connectivity index (χ2v) is 6.40. The number of hydrogen-bond acceptors (Lipinski definition) is 1. The van der Waals surface area contributed by atoms with Crippen LogP contribution in [0.15, 0.2) is 24.3 Å². The first-order valence-electron chi connectivity index (χ1n) is 6.82. The Balaban J connectivity index is 1.92. The van der Waals surface area contributed by atoms with Gasteiger partial charge >= 0.3 is 6.03 Å². The van der Waals surface area contributed by atoms with Gasteiger partial charge in [-0.15, -0.1) is 0 Å². The molecule has 2 aliphatic rings. The van der Waals surface area contributed by atoms with Crippen LogP contribution in [-0.2, 0) is 6.54 Å². The summed E-state index contributed by atoms with van der Waals surface area (Å²) in [6.07, 6.45) is 3.72. The van der Waals surface area contributed by atoms with Gasteiger partial charge in [-0.05, 0) is 29.9 Å².